The molecular weight excluding hydrogens is 456 g/mol. The van der Waals surface area contributed by atoms with E-state index >= 15 is 0 Å². The summed E-state index contributed by atoms with van der Waals surface area (Å²) in [5.41, 5.74) is 4.50. The average molecular weight is 477 g/mol. The Morgan fingerprint density at radius 3 is 2.58 bits per heavy atom. The average Bonchev–Trinajstić information content (AvgIpc) is 3.01. The van der Waals surface area contributed by atoms with Crippen molar-refractivity contribution in [1.82, 2.24) is 15.2 Å². The van der Waals surface area contributed by atoms with Gasteiger partial charge >= 0.3 is 0 Å². The van der Waals surface area contributed by atoms with E-state index in [2.05, 4.69) is 15.5 Å². The Morgan fingerprint density at radius 2 is 1.79 bits per heavy atom. The molecule has 1 N–H and O–H groups in total. The summed E-state index contributed by atoms with van der Waals surface area (Å²) < 4.78 is 11.9. The molecule has 0 bridgehead atoms. The second-order valence-corrected chi connectivity index (χ2v) is 8.73. The molecule has 2 heterocycles. The fourth-order valence-corrected chi connectivity index (χ4v) is 4.35. The number of ether oxygens (including phenoxy) is 2. The molecule has 1 aromatic heterocycles. The number of anilines is 1. The van der Waals surface area contributed by atoms with Crippen LogP contribution in [-0.2, 0) is 5.75 Å². The maximum absolute atomic E-state index is 6.34. The van der Waals surface area contributed by atoms with E-state index < -0.39 is 6.23 Å². The van der Waals surface area contributed by atoms with Gasteiger partial charge in [0.1, 0.15) is 5.75 Å². The lowest BCUT2D eigenvalue weighted by molar-refractivity contribution is 0.225. The summed E-state index contributed by atoms with van der Waals surface area (Å²) in [6.45, 7) is 2.59. The van der Waals surface area contributed by atoms with Crippen LogP contribution in [0, 0.1) is 0 Å². The minimum atomic E-state index is -0.436. The molecule has 0 saturated heterocycles. The van der Waals surface area contributed by atoms with Gasteiger partial charge in [0.2, 0.25) is 11.0 Å². The van der Waals surface area contributed by atoms with Crippen LogP contribution >= 0.6 is 23.4 Å². The molecule has 1 aliphatic heterocycles. The van der Waals surface area contributed by atoms with Crippen LogP contribution in [0.4, 0.5) is 5.69 Å². The number of hydrogen-bond donors (Lipinski definition) is 1. The maximum atomic E-state index is 6.34. The van der Waals surface area contributed by atoms with Crippen LogP contribution in [0.5, 0.6) is 11.6 Å². The smallest absolute Gasteiger partial charge is 0.247 e. The Balaban J connectivity index is 1.45. The molecule has 0 amide bonds. The van der Waals surface area contributed by atoms with Crippen molar-refractivity contribution in [3.8, 4) is 22.9 Å². The van der Waals surface area contributed by atoms with Crippen molar-refractivity contribution in [2.45, 2.75) is 24.1 Å². The fraction of sp³-hybridized carbons (Fsp3) is 0.160. The number of aromatic nitrogens is 3. The molecule has 33 heavy (non-hydrogen) atoms. The highest BCUT2D eigenvalue weighted by Gasteiger charge is 2.26. The van der Waals surface area contributed by atoms with Crippen molar-refractivity contribution in [2.75, 3.05) is 11.9 Å². The van der Waals surface area contributed by atoms with Crippen molar-refractivity contribution in [2.24, 2.45) is 0 Å². The van der Waals surface area contributed by atoms with Crippen LogP contribution in [0.25, 0.3) is 11.3 Å². The summed E-state index contributed by atoms with van der Waals surface area (Å²) in [6, 6.07) is 23.5. The van der Waals surface area contributed by atoms with Gasteiger partial charge in [0.15, 0.2) is 11.9 Å². The highest BCUT2D eigenvalue weighted by atomic mass is 35.5. The van der Waals surface area contributed by atoms with Crippen LogP contribution in [0.3, 0.4) is 0 Å². The lowest BCUT2D eigenvalue weighted by atomic mass is 10.1. The molecule has 4 aromatic rings. The van der Waals surface area contributed by atoms with Gasteiger partial charge in [-0.3, -0.25) is 0 Å². The minimum Gasteiger partial charge on any atom is -0.494 e. The minimum absolute atomic E-state index is 0.436. The van der Waals surface area contributed by atoms with Crippen molar-refractivity contribution in [1.29, 1.82) is 0 Å². The van der Waals surface area contributed by atoms with E-state index in [0.717, 1.165) is 28.1 Å². The topological polar surface area (TPSA) is 69.2 Å². The zero-order valence-corrected chi connectivity index (χ0v) is 19.4. The van der Waals surface area contributed by atoms with E-state index in [0.29, 0.717) is 34.1 Å². The summed E-state index contributed by atoms with van der Waals surface area (Å²) in [6.07, 6.45) is -0.436. The lowest BCUT2D eigenvalue weighted by Crippen LogP contribution is -2.17. The van der Waals surface area contributed by atoms with Crippen molar-refractivity contribution < 1.29 is 9.47 Å². The van der Waals surface area contributed by atoms with Gasteiger partial charge in [-0.05, 0) is 55.0 Å². The number of thioether (sulfide) groups is 1. The van der Waals surface area contributed by atoms with E-state index in [1.54, 1.807) is 0 Å². The first-order valence-electron chi connectivity index (χ1n) is 10.6. The Labute approximate surface area is 201 Å². The number of fused-ring (bicyclic) bond motifs is 3. The second-order valence-electron chi connectivity index (χ2n) is 7.35. The first-order valence-corrected chi connectivity index (χ1v) is 11.9. The van der Waals surface area contributed by atoms with Crippen LogP contribution in [0.2, 0.25) is 5.02 Å². The van der Waals surface area contributed by atoms with E-state index in [4.69, 9.17) is 26.1 Å². The maximum Gasteiger partial charge on any atom is 0.247 e. The number of para-hydroxylation sites is 1. The third-order valence-corrected chi connectivity index (χ3v) is 6.27. The molecule has 0 fully saturated rings. The Hall–Kier alpha value is -3.29. The number of benzene rings is 3. The predicted molar refractivity (Wildman–Crippen MR) is 131 cm³/mol. The Bertz CT molecular complexity index is 1250. The first kappa shape index (κ1) is 21.6. The van der Waals surface area contributed by atoms with Crippen LogP contribution in [0.15, 0.2) is 78.0 Å². The second kappa shape index (κ2) is 9.68. The largest absolute Gasteiger partial charge is 0.494 e. The first-order chi connectivity index (χ1) is 16.2. The highest BCUT2D eigenvalue weighted by molar-refractivity contribution is 7.98. The molecule has 1 atom stereocenters. The Kier molecular flexibility index (Phi) is 6.32. The highest BCUT2D eigenvalue weighted by Crippen LogP contribution is 2.39. The SMILES string of the molecule is CCOc1ccc(C2Nc3ccccc3-c3nnc(SCc4ccc(Cl)cc4)nc3O2)cc1. The molecule has 6 nitrogen and oxygen atoms in total. The van der Waals surface area contributed by atoms with Gasteiger partial charge in [-0.2, -0.15) is 4.98 Å². The number of halogens is 1. The number of hydrogen-bond acceptors (Lipinski definition) is 7. The quantitative estimate of drug-likeness (QED) is 0.323. The van der Waals surface area contributed by atoms with Crippen LogP contribution in [-0.4, -0.2) is 21.8 Å². The van der Waals surface area contributed by atoms with E-state index in [1.165, 1.54) is 11.8 Å². The fourth-order valence-electron chi connectivity index (χ4n) is 3.49. The van der Waals surface area contributed by atoms with Crippen LogP contribution in [0.1, 0.15) is 24.3 Å². The molecule has 0 spiro atoms. The molecule has 3 aromatic carbocycles. The molecular formula is C25H21ClN4O2S. The molecule has 0 radical (unpaired) electrons. The summed E-state index contributed by atoms with van der Waals surface area (Å²) in [7, 11) is 0. The van der Waals surface area contributed by atoms with E-state index in [-0.39, 0.29) is 0 Å². The molecule has 8 heteroatoms. The van der Waals surface area contributed by atoms with Crippen molar-refractivity contribution in [3.63, 3.8) is 0 Å². The normalized spacial score (nSPS) is 14.3. The molecule has 1 unspecified atom stereocenters. The lowest BCUT2D eigenvalue weighted by Gasteiger charge is -2.19. The van der Waals surface area contributed by atoms with E-state index in [1.807, 2.05) is 79.7 Å². The third kappa shape index (κ3) is 4.89. The number of nitrogens with zero attached hydrogens (tertiary/aromatic N) is 3. The summed E-state index contributed by atoms with van der Waals surface area (Å²) in [4.78, 5) is 4.70. The van der Waals surface area contributed by atoms with E-state index in [9.17, 15) is 0 Å². The van der Waals surface area contributed by atoms with Crippen LogP contribution < -0.4 is 14.8 Å². The monoisotopic (exact) mass is 476 g/mol. The van der Waals surface area contributed by atoms with Gasteiger partial charge in [-0.15, -0.1) is 10.2 Å². The zero-order valence-electron chi connectivity index (χ0n) is 17.9. The molecule has 1 aliphatic rings. The van der Waals surface area contributed by atoms with Gasteiger partial charge in [0, 0.05) is 27.6 Å². The van der Waals surface area contributed by atoms with Gasteiger partial charge < -0.3 is 14.8 Å². The van der Waals surface area contributed by atoms with Gasteiger partial charge in [-0.25, -0.2) is 0 Å². The zero-order chi connectivity index (χ0) is 22.6. The summed E-state index contributed by atoms with van der Waals surface area (Å²) >= 11 is 7.48. The van der Waals surface area contributed by atoms with Gasteiger partial charge in [-0.1, -0.05) is 53.7 Å². The summed E-state index contributed by atoms with van der Waals surface area (Å²) in [5, 5.41) is 13.6. The van der Waals surface area contributed by atoms with Gasteiger partial charge in [0.05, 0.1) is 6.61 Å². The summed E-state index contributed by atoms with van der Waals surface area (Å²) in [5.74, 6) is 1.97. The predicted octanol–water partition coefficient (Wildman–Crippen LogP) is 6.39. The molecule has 5 rings (SSSR count). The standard InChI is InChI=1S/C25H21ClN4O2S/c1-2-31-19-13-9-17(10-14-19)23-27-21-6-4-3-5-20(21)22-24(32-23)28-25(30-29-22)33-15-16-7-11-18(26)12-8-16/h3-14,23,27H,2,15H2,1H3. The molecule has 0 saturated carbocycles. The number of rotatable bonds is 6. The molecule has 0 aliphatic carbocycles. The molecule has 166 valence electrons. The third-order valence-electron chi connectivity index (χ3n) is 5.11. The van der Waals surface area contributed by atoms with Crippen molar-refractivity contribution in [3.05, 3.63) is 88.9 Å². The Morgan fingerprint density at radius 1 is 1.00 bits per heavy atom. The van der Waals surface area contributed by atoms with Gasteiger partial charge in [0.25, 0.3) is 0 Å². The van der Waals surface area contributed by atoms with Crippen molar-refractivity contribution >= 4 is 29.1 Å². The number of nitrogens with one attached hydrogen (secondary N) is 1.